The molecule has 0 unspecified atom stereocenters. The molecule has 1 aromatic heterocycles. The smallest absolute Gasteiger partial charge is 0.249 e. The van der Waals surface area contributed by atoms with Crippen LogP contribution in [0, 0.1) is 20.8 Å². The van der Waals surface area contributed by atoms with E-state index in [9.17, 15) is 4.79 Å². The number of aryl methyl sites for hydroxylation is 2. The number of hydrogen-bond acceptors (Lipinski definition) is 2. The molecular formula is C15H17N3O. The van der Waals surface area contributed by atoms with Gasteiger partial charge in [-0.05, 0) is 32.4 Å². The Bertz CT molecular complexity index is 626. The van der Waals surface area contributed by atoms with Gasteiger partial charge in [0, 0.05) is 17.3 Å². The largest absolute Gasteiger partial charge is 0.305 e. The Hall–Kier alpha value is -2.36. The second-order valence-corrected chi connectivity index (χ2v) is 4.56. The molecule has 2 aromatic rings. The number of aromatic nitrogens is 2. The van der Waals surface area contributed by atoms with Crippen molar-refractivity contribution in [2.75, 3.05) is 5.32 Å². The van der Waals surface area contributed by atoms with Gasteiger partial charge in [0.2, 0.25) is 5.91 Å². The minimum atomic E-state index is -0.184. The Morgan fingerprint density at radius 3 is 2.74 bits per heavy atom. The van der Waals surface area contributed by atoms with Crippen LogP contribution in [0.2, 0.25) is 0 Å². The van der Waals surface area contributed by atoms with Gasteiger partial charge in [-0.25, -0.2) is 0 Å². The van der Waals surface area contributed by atoms with Gasteiger partial charge >= 0.3 is 0 Å². The lowest BCUT2D eigenvalue weighted by Gasteiger charge is -1.99. The molecule has 0 bridgehead atoms. The molecule has 0 aliphatic carbocycles. The molecule has 0 atom stereocenters. The van der Waals surface area contributed by atoms with Crippen molar-refractivity contribution in [3.05, 3.63) is 52.7 Å². The summed E-state index contributed by atoms with van der Waals surface area (Å²) in [6.45, 7) is 5.85. The number of anilines is 1. The van der Waals surface area contributed by atoms with E-state index in [1.807, 2.05) is 45.0 Å². The summed E-state index contributed by atoms with van der Waals surface area (Å²) in [6.07, 6.45) is 3.30. The molecule has 2 N–H and O–H groups in total. The zero-order valence-corrected chi connectivity index (χ0v) is 11.3. The average Bonchev–Trinajstić information content (AvgIpc) is 2.69. The monoisotopic (exact) mass is 255 g/mol. The van der Waals surface area contributed by atoms with Crippen LogP contribution in [-0.4, -0.2) is 16.1 Å². The van der Waals surface area contributed by atoms with E-state index in [2.05, 4.69) is 15.5 Å². The molecule has 0 saturated heterocycles. The molecule has 0 aliphatic heterocycles. The topological polar surface area (TPSA) is 57.8 Å². The van der Waals surface area contributed by atoms with E-state index < -0.39 is 0 Å². The lowest BCUT2D eigenvalue weighted by Crippen LogP contribution is -2.09. The van der Waals surface area contributed by atoms with Crippen LogP contribution in [0.15, 0.2) is 30.3 Å². The Balaban J connectivity index is 2.04. The minimum absolute atomic E-state index is 0.184. The van der Waals surface area contributed by atoms with Crippen molar-refractivity contribution in [3.63, 3.8) is 0 Å². The van der Waals surface area contributed by atoms with Gasteiger partial charge in [0.05, 0.1) is 0 Å². The van der Waals surface area contributed by atoms with Crippen molar-refractivity contribution < 1.29 is 4.79 Å². The number of nitrogens with zero attached hydrogens (tertiary/aromatic N) is 1. The summed E-state index contributed by atoms with van der Waals surface area (Å²) in [5.41, 5.74) is 4.08. The van der Waals surface area contributed by atoms with Crippen molar-refractivity contribution in [2.45, 2.75) is 20.8 Å². The second kappa shape index (κ2) is 5.52. The molecule has 0 radical (unpaired) electrons. The number of benzene rings is 1. The van der Waals surface area contributed by atoms with Crippen LogP contribution in [0.4, 0.5) is 5.82 Å². The summed E-state index contributed by atoms with van der Waals surface area (Å²) in [7, 11) is 0. The molecule has 19 heavy (non-hydrogen) atoms. The number of hydrogen-bond donors (Lipinski definition) is 2. The van der Waals surface area contributed by atoms with Crippen molar-refractivity contribution in [1.29, 1.82) is 0 Å². The maximum Gasteiger partial charge on any atom is 0.249 e. The minimum Gasteiger partial charge on any atom is -0.305 e. The third-order valence-corrected chi connectivity index (χ3v) is 2.96. The molecule has 98 valence electrons. The number of carbonyl (C=O) groups is 1. The van der Waals surface area contributed by atoms with Crippen LogP contribution < -0.4 is 5.32 Å². The maximum absolute atomic E-state index is 11.8. The SMILES string of the molecule is Cc1cccc(/C=C/C(=O)Nc2n[nH]c(C)c2C)c1. The summed E-state index contributed by atoms with van der Waals surface area (Å²) < 4.78 is 0. The Kier molecular flexibility index (Phi) is 3.80. The highest BCUT2D eigenvalue weighted by Crippen LogP contribution is 2.13. The predicted molar refractivity (Wildman–Crippen MR) is 76.9 cm³/mol. The molecule has 1 amide bonds. The molecular weight excluding hydrogens is 238 g/mol. The average molecular weight is 255 g/mol. The Morgan fingerprint density at radius 1 is 1.32 bits per heavy atom. The molecule has 0 aliphatic rings. The van der Waals surface area contributed by atoms with E-state index in [0.29, 0.717) is 5.82 Å². The summed E-state index contributed by atoms with van der Waals surface area (Å²) in [4.78, 5) is 11.8. The normalized spacial score (nSPS) is 10.9. The van der Waals surface area contributed by atoms with Crippen LogP contribution in [0.5, 0.6) is 0 Å². The fourth-order valence-electron chi connectivity index (χ4n) is 1.71. The highest BCUT2D eigenvalue weighted by Gasteiger charge is 2.06. The van der Waals surface area contributed by atoms with E-state index in [-0.39, 0.29) is 5.91 Å². The van der Waals surface area contributed by atoms with Crippen LogP contribution in [0.3, 0.4) is 0 Å². The second-order valence-electron chi connectivity index (χ2n) is 4.56. The molecule has 1 heterocycles. The van der Waals surface area contributed by atoms with Gasteiger partial charge in [0.25, 0.3) is 0 Å². The van der Waals surface area contributed by atoms with E-state index >= 15 is 0 Å². The lowest BCUT2D eigenvalue weighted by atomic mass is 10.1. The Morgan fingerprint density at radius 2 is 2.11 bits per heavy atom. The van der Waals surface area contributed by atoms with Crippen molar-refractivity contribution in [1.82, 2.24) is 10.2 Å². The zero-order chi connectivity index (χ0) is 13.8. The Labute approximate surface area is 112 Å². The summed E-state index contributed by atoms with van der Waals surface area (Å²) in [5.74, 6) is 0.396. The summed E-state index contributed by atoms with van der Waals surface area (Å²) >= 11 is 0. The van der Waals surface area contributed by atoms with Gasteiger partial charge < -0.3 is 5.32 Å². The van der Waals surface area contributed by atoms with Crippen molar-refractivity contribution >= 4 is 17.8 Å². The van der Waals surface area contributed by atoms with E-state index in [1.165, 1.54) is 11.6 Å². The summed E-state index contributed by atoms with van der Waals surface area (Å²) in [6, 6.07) is 7.97. The van der Waals surface area contributed by atoms with Crippen molar-refractivity contribution in [2.24, 2.45) is 0 Å². The predicted octanol–water partition coefficient (Wildman–Crippen LogP) is 2.99. The van der Waals surface area contributed by atoms with Gasteiger partial charge in [-0.2, -0.15) is 5.10 Å². The van der Waals surface area contributed by atoms with Crippen molar-refractivity contribution in [3.8, 4) is 0 Å². The third kappa shape index (κ3) is 3.31. The first-order chi connectivity index (χ1) is 9.06. The van der Waals surface area contributed by atoms with Gasteiger partial charge in [-0.15, -0.1) is 0 Å². The number of nitrogens with one attached hydrogen (secondary N) is 2. The maximum atomic E-state index is 11.8. The van der Waals surface area contributed by atoms with E-state index in [4.69, 9.17) is 0 Å². The molecule has 0 saturated carbocycles. The number of rotatable bonds is 3. The first-order valence-corrected chi connectivity index (χ1v) is 6.13. The zero-order valence-electron chi connectivity index (χ0n) is 11.3. The van der Waals surface area contributed by atoms with Gasteiger partial charge in [-0.3, -0.25) is 9.89 Å². The van der Waals surface area contributed by atoms with Gasteiger partial charge in [-0.1, -0.05) is 29.8 Å². The quantitative estimate of drug-likeness (QED) is 0.828. The first kappa shape index (κ1) is 13.1. The number of aromatic amines is 1. The number of H-pyrrole nitrogens is 1. The highest BCUT2D eigenvalue weighted by atomic mass is 16.1. The molecule has 2 rings (SSSR count). The third-order valence-electron chi connectivity index (χ3n) is 2.96. The van der Waals surface area contributed by atoms with Gasteiger partial charge in [0.1, 0.15) is 0 Å². The van der Waals surface area contributed by atoms with Gasteiger partial charge in [0.15, 0.2) is 5.82 Å². The molecule has 0 spiro atoms. The summed E-state index contributed by atoms with van der Waals surface area (Å²) in [5, 5.41) is 9.62. The van der Waals surface area contributed by atoms with Crippen LogP contribution in [0.1, 0.15) is 22.4 Å². The highest BCUT2D eigenvalue weighted by molar-refractivity contribution is 6.01. The molecule has 0 fully saturated rings. The first-order valence-electron chi connectivity index (χ1n) is 6.13. The van der Waals surface area contributed by atoms with Crippen LogP contribution in [0.25, 0.3) is 6.08 Å². The van der Waals surface area contributed by atoms with E-state index in [1.54, 1.807) is 6.08 Å². The lowest BCUT2D eigenvalue weighted by molar-refractivity contribution is -0.111. The number of amides is 1. The number of carbonyl (C=O) groups excluding carboxylic acids is 1. The van der Waals surface area contributed by atoms with E-state index in [0.717, 1.165) is 16.8 Å². The standard InChI is InChI=1S/C15H17N3O/c1-10-5-4-6-13(9-10)7-8-14(19)16-15-11(2)12(3)17-18-15/h4-9H,1-3H3,(H2,16,17,18,19)/b8-7+. The van der Waals surface area contributed by atoms with Crippen LogP contribution in [-0.2, 0) is 4.79 Å². The molecule has 4 heteroatoms. The fraction of sp³-hybridized carbons (Fsp3) is 0.200. The fourth-order valence-corrected chi connectivity index (χ4v) is 1.71. The molecule has 1 aromatic carbocycles. The van der Waals surface area contributed by atoms with Crippen LogP contribution >= 0.6 is 0 Å². The molecule has 4 nitrogen and oxygen atoms in total.